The van der Waals surface area contributed by atoms with E-state index in [9.17, 15) is 0 Å². The van der Waals surface area contributed by atoms with Gasteiger partial charge in [0.1, 0.15) is 5.03 Å². The Balaban J connectivity index is 2.12. The summed E-state index contributed by atoms with van der Waals surface area (Å²) >= 11 is 5.24. The van der Waals surface area contributed by atoms with Gasteiger partial charge in [-0.3, -0.25) is 0 Å². The molecule has 4 heteroatoms. The Kier molecular flexibility index (Phi) is 5.64. The molecule has 20 heavy (non-hydrogen) atoms. The molecule has 1 N–H and O–H groups in total. The normalized spacial score (nSPS) is 11.1. The first kappa shape index (κ1) is 15.5. The van der Waals surface area contributed by atoms with E-state index in [1.165, 1.54) is 16.0 Å². The van der Waals surface area contributed by atoms with Crippen LogP contribution in [0.3, 0.4) is 0 Å². The topological polar surface area (TPSA) is 24.9 Å². The molecule has 106 valence electrons. The minimum absolute atomic E-state index is 0.508. The molecule has 2 aromatic rings. The van der Waals surface area contributed by atoms with E-state index in [4.69, 9.17) is 0 Å². The van der Waals surface area contributed by atoms with Crippen LogP contribution in [0.2, 0.25) is 0 Å². The summed E-state index contributed by atoms with van der Waals surface area (Å²) in [6, 6.07) is 11.1. The third kappa shape index (κ3) is 4.33. The molecule has 0 atom stereocenters. The van der Waals surface area contributed by atoms with Gasteiger partial charge in [0.15, 0.2) is 0 Å². The van der Waals surface area contributed by atoms with E-state index in [-0.39, 0.29) is 0 Å². The number of pyridine rings is 1. The largest absolute Gasteiger partial charge is 0.310 e. The second-order valence-corrected chi connectivity index (χ2v) is 6.91. The summed E-state index contributed by atoms with van der Waals surface area (Å²) in [7, 11) is 0. The van der Waals surface area contributed by atoms with Crippen LogP contribution >= 0.6 is 27.7 Å². The summed E-state index contributed by atoms with van der Waals surface area (Å²) in [5, 5.41) is 4.44. The highest BCUT2D eigenvalue weighted by Gasteiger charge is 2.06. The summed E-state index contributed by atoms with van der Waals surface area (Å²) in [6.07, 6.45) is 1.82. The molecular formula is C16H19BrN2S. The number of hydrogen-bond donors (Lipinski definition) is 1. The van der Waals surface area contributed by atoms with Gasteiger partial charge in [-0.1, -0.05) is 37.7 Å². The average Bonchev–Trinajstić information content (AvgIpc) is 2.41. The fraction of sp³-hybridized carbons (Fsp3) is 0.312. The van der Waals surface area contributed by atoms with Gasteiger partial charge < -0.3 is 5.32 Å². The lowest BCUT2D eigenvalue weighted by Crippen LogP contribution is -2.21. The summed E-state index contributed by atoms with van der Waals surface area (Å²) in [4.78, 5) is 5.65. The Hall–Kier alpha value is -0.840. The van der Waals surface area contributed by atoms with E-state index in [1.807, 2.05) is 18.3 Å². The Morgan fingerprint density at radius 2 is 2.10 bits per heavy atom. The van der Waals surface area contributed by atoms with Crippen molar-refractivity contribution in [3.63, 3.8) is 0 Å². The molecule has 0 saturated heterocycles. The zero-order valence-corrected chi connectivity index (χ0v) is 14.4. The summed E-state index contributed by atoms with van der Waals surface area (Å²) in [6.45, 7) is 7.39. The molecule has 1 heterocycles. The van der Waals surface area contributed by atoms with Crippen LogP contribution in [-0.4, -0.2) is 11.0 Å². The van der Waals surface area contributed by atoms with Crippen LogP contribution < -0.4 is 5.32 Å². The van der Waals surface area contributed by atoms with Crippen molar-refractivity contribution in [1.82, 2.24) is 10.3 Å². The molecule has 0 unspecified atom stereocenters. The van der Waals surface area contributed by atoms with Crippen molar-refractivity contribution >= 4 is 27.7 Å². The zero-order valence-electron chi connectivity index (χ0n) is 12.0. The van der Waals surface area contributed by atoms with E-state index >= 15 is 0 Å². The van der Waals surface area contributed by atoms with Crippen molar-refractivity contribution in [2.75, 3.05) is 0 Å². The molecule has 0 radical (unpaired) electrons. The smallest absolute Gasteiger partial charge is 0.115 e. The lowest BCUT2D eigenvalue weighted by Gasteiger charge is -2.11. The van der Waals surface area contributed by atoms with Crippen molar-refractivity contribution in [2.45, 2.75) is 43.3 Å². The Bertz CT molecular complexity index is 584. The van der Waals surface area contributed by atoms with Gasteiger partial charge >= 0.3 is 0 Å². The zero-order chi connectivity index (χ0) is 14.5. The molecule has 0 amide bonds. The van der Waals surface area contributed by atoms with Crippen LogP contribution in [0.1, 0.15) is 25.0 Å². The summed E-state index contributed by atoms with van der Waals surface area (Å²) in [5.74, 6) is 0. The second-order valence-electron chi connectivity index (χ2n) is 5.03. The van der Waals surface area contributed by atoms with Gasteiger partial charge in [0.2, 0.25) is 0 Å². The Morgan fingerprint density at radius 3 is 2.75 bits per heavy atom. The Morgan fingerprint density at radius 1 is 1.30 bits per heavy atom. The van der Waals surface area contributed by atoms with Crippen LogP contribution in [0.5, 0.6) is 0 Å². The monoisotopic (exact) mass is 350 g/mol. The molecule has 0 bridgehead atoms. The van der Waals surface area contributed by atoms with E-state index < -0.39 is 0 Å². The number of hydrogen-bond acceptors (Lipinski definition) is 3. The van der Waals surface area contributed by atoms with Crippen LogP contribution in [0, 0.1) is 6.92 Å². The fourth-order valence-corrected chi connectivity index (χ4v) is 3.15. The number of rotatable bonds is 5. The predicted molar refractivity (Wildman–Crippen MR) is 89.2 cm³/mol. The van der Waals surface area contributed by atoms with Gasteiger partial charge in [-0.05, 0) is 52.2 Å². The molecule has 0 aliphatic heterocycles. The standard InChI is InChI=1S/C16H19BrN2S/c1-11(2)19-10-13-6-7-15(12(3)9-13)20-16-14(17)5-4-8-18-16/h4-9,11,19H,10H2,1-3H3. The lowest BCUT2D eigenvalue weighted by molar-refractivity contribution is 0.588. The van der Waals surface area contributed by atoms with Gasteiger partial charge in [-0.25, -0.2) is 4.98 Å². The van der Waals surface area contributed by atoms with Crippen molar-refractivity contribution in [2.24, 2.45) is 0 Å². The molecule has 2 rings (SSSR count). The van der Waals surface area contributed by atoms with Crippen molar-refractivity contribution in [3.8, 4) is 0 Å². The number of nitrogens with one attached hydrogen (secondary N) is 1. The van der Waals surface area contributed by atoms with Gasteiger partial charge in [0, 0.05) is 23.7 Å². The van der Waals surface area contributed by atoms with E-state index in [0.717, 1.165) is 16.0 Å². The molecule has 1 aromatic heterocycles. The fourth-order valence-electron chi connectivity index (χ4n) is 1.81. The Labute approximate surface area is 133 Å². The first-order chi connectivity index (χ1) is 9.56. The maximum absolute atomic E-state index is 4.40. The summed E-state index contributed by atoms with van der Waals surface area (Å²) in [5.41, 5.74) is 2.61. The maximum atomic E-state index is 4.40. The molecule has 0 aliphatic carbocycles. The third-order valence-corrected chi connectivity index (χ3v) is 4.98. The average molecular weight is 351 g/mol. The van der Waals surface area contributed by atoms with Crippen LogP contribution in [0.4, 0.5) is 0 Å². The molecule has 0 aliphatic rings. The maximum Gasteiger partial charge on any atom is 0.115 e. The minimum Gasteiger partial charge on any atom is -0.310 e. The van der Waals surface area contributed by atoms with Gasteiger partial charge in [-0.15, -0.1) is 0 Å². The summed E-state index contributed by atoms with van der Waals surface area (Å²) < 4.78 is 1.04. The van der Waals surface area contributed by atoms with Crippen molar-refractivity contribution < 1.29 is 0 Å². The van der Waals surface area contributed by atoms with Crippen LogP contribution in [0.25, 0.3) is 0 Å². The first-order valence-electron chi connectivity index (χ1n) is 6.67. The van der Waals surface area contributed by atoms with Gasteiger partial charge in [-0.2, -0.15) is 0 Å². The van der Waals surface area contributed by atoms with Crippen LogP contribution in [-0.2, 0) is 6.54 Å². The van der Waals surface area contributed by atoms with Gasteiger partial charge in [0.05, 0.1) is 4.47 Å². The highest BCUT2D eigenvalue weighted by Crippen LogP contribution is 2.33. The second kappa shape index (κ2) is 7.25. The third-order valence-electron chi connectivity index (χ3n) is 2.89. The molecule has 0 saturated carbocycles. The number of aryl methyl sites for hydroxylation is 1. The van der Waals surface area contributed by atoms with Crippen molar-refractivity contribution in [1.29, 1.82) is 0 Å². The molecule has 2 nitrogen and oxygen atoms in total. The number of nitrogens with zero attached hydrogens (tertiary/aromatic N) is 1. The minimum atomic E-state index is 0.508. The van der Waals surface area contributed by atoms with Gasteiger partial charge in [0.25, 0.3) is 0 Å². The number of halogens is 1. The highest BCUT2D eigenvalue weighted by atomic mass is 79.9. The number of aromatic nitrogens is 1. The van der Waals surface area contributed by atoms with E-state index in [0.29, 0.717) is 6.04 Å². The quantitative estimate of drug-likeness (QED) is 0.837. The van der Waals surface area contributed by atoms with Crippen LogP contribution in [0.15, 0.2) is 50.9 Å². The van der Waals surface area contributed by atoms with E-state index in [1.54, 1.807) is 11.8 Å². The highest BCUT2D eigenvalue weighted by molar-refractivity contribution is 9.10. The van der Waals surface area contributed by atoms with E-state index in [2.05, 4.69) is 65.2 Å². The SMILES string of the molecule is Cc1cc(CNC(C)C)ccc1Sc1ncccc1Br. The lowest BCUT2D eigenvalue weighted by atomic mass is 10.1. The molecule has 1 aromatic carbocycles. The first-order valence-corrected chi connectivity index (χ1v) is 8.28. The predicted octanol–water partition coefficient (Wildman–Crippen LogP) is 4.80. The molecule has 0 spiro atoms. The molecular weight excluding hydrogens is 332 g/mol. The molecule has 0 fully saturated rings. The number of benzene rings is 1. The van der Waals surface area contributed by atoms with Crippen molar-refractivity contribution in [3.05, 3.63) is 52.1 Å².